The average molecular weight is 297 g/mol. The molecule has 1 fully saturated rings. The number of pyridine rings is 1. The molecule has 1 heterocycles. The number of aromatic nitrogens is 1. The van der Waals surface area contributed by atoms with Gasteiger partial charge in [-0.15, -0.1) is 0 Å². The Balaban J connectivity index is 1.76. The molecule has 1 aliphatic carbocycles. The highest BCUT2D eigenvalue weighted by atomic mass is 16.5. The summed E-state index contributed by atoms with van der Waals surface area (Å²) in [7, 11) is 1.35. The Labute approximate surface area is 130 Å². The summed E-state index contributed by atoms with van der Waals surface area (Å²) in [5.41, 5.74) is 2.26. The first-order valence-electron chi connectivity index (χ1n) is 7.58. The molecule has 4 nitrogen and oxygen atoms in total. The number of ether oxygens (including phenoxy) is 2. The summed E-state index contributed by atoms with van der Waals surface area (Å²) in [6.45, 7) is 0. The van der Waals surface area contributed by atoms with Crippen molar-refractivity contribution in [3.05, 3.63) is 48.3 Å². The molecule has 0 amide bonds. The Bertz CT molecular complexity index is 646. The Hall–Kier alpha value is -2.36. The summed E-state index contributed by atoms with van der Waals surface area (Å²) in [6, 6.07) is 11.6. The fourth-order valence-corrected chi connectivity index (χ4v) is 2.75. The fourth-order valence-electron chi connectivity index (χ4n) is 2.75. The van der Waals surface area contributed by atoms with E-state index in [1.54, 1.807) is 12.3 Å². The van der Waals surface area contributed by atoms with Crippen LogP contribution in [0.5, 0.6) is 5.75 Å². The lowest BCUT2D eigenvalue weighted by Gasteiger charge is -2.13. The SMILES string of the molecule is COC(=O)c1cc(-c2ccc(OC3CCCC3)cc2)ccn1. The maximum absolute atomic E-state index is 11.5. The van der Waals surface area contributed by atoms with Crippen molar-refractivity contribution in [1.29, 1.82) is 0 Å². The van der Waals surface area contributed by atoms with Gasteiger partial charge in [0.2, 0.25) is 0 Å². The van der Waals surface area contributed by atoms with Crippen LogP contribution in [-0.4, -0.2) is 24.2 Å². The van der Waals surface area contributed by atoms with Crippen molar-refractivity contribution < 1.29 is 14.3 Å². The van der Waals surface area contributed by atoms with Crippen molar-refractivity contribution in [2.75, 3.05) is 7.11 Å². The number of hydrogen-bond acceptors (Lipinski definition) is 4. The zero-order valence-electron chi connectivity index (χ0n) is 12.6. The molecular weight excluding hydrogens is 278 g/mol. The molecule has 22 heavy (non-hydrogen) atoms. The number of carbonyl (C=O) groups excluding carboxylic acids is 1. The normalized spacial score (nSPS) is 14.8. The van der Waals surface area contributed by atoms with Crippen molar-refractivity contribution in [2.45, 2.75) is 31.8 Å². The van der Waals surface area contributed by atoms with Crippen molar-refractivity contribution in [1.82, 2.24) is 4.98 Å². The molecule has 1 aromatic heterocycles. The third-order valence-electron chi connectivity index (χ3n) is 3.95. The van der Waals surface area contributed by atoms with E-state index in [4.69, 9.17) is 9.47 Å². The summed E-state index contributed by atoms with van der Waals surface area (Å²) in [5, 5.41) is 0. The van der Waals surface area contributed by atoms with Gasteiger partial charge < -0.3 is 9.47 Å². The number of hydrogen-bond donors (Lipinski definition) is 0. The number of rotatable bonds is 4. The van der Waals surface area contributed by atoms with Gasteiger partial charge in [0.1, 0.15) is 11.4 Å². The summed E-state index contributed by atoms with van der Waals surface area (Å²) in [6.07, 6.45) is 6.79. The van der Waals surface area contributed by atoms with Crippen LogP contribution in [0.3, 0.4) is 0 Å². The molecule has 3 rings (SSSR count). The minimum Gasteiger partial charge on any atom is -0.490 e. The van der Waals surface area contributed by atoms with Crippen LogP contribution in [0.2, 0.25) is 0 Å². The lowest BCUT2D eigenvalue weighted by Crippen LogP contribution is -2.10. The lowest BCUT2D eigenvalue weighted by molar-refractivity contribution is 0.0594. The number of carbonyl (C=O) groups is 1. The molecule has 0 unspecified atom stereocenters. The second-order valence-electron chi connectivity index (χ2n) is 5.47. The van der Waals surface area contributed by atoms with Gasteiger partial charge in [0, 0.05) is 6.20 Å². The molecule has 0 saturated heterocycles. The van der Waals surface area contributed by atoms with Gasteiger partial charge in [0.05, 0.1) is 13.2 Å². The van der Waals surface area contributed by atoms with E-state index >= 15 is 0 Å². The van der Waals surface area contributed by atoms with Gasteiger partial charge in [0.15, 0.2) is 0 Å². The van der Waals surface area contributed by atoms with Crippen LogP contribution in [0.4, 0.5) is 0 Å². The zero-order chi connectivity index (χ0) is 15.4. The van der Waals surface area contributed by atoms with E-state index in [1.807, 2.05) is 30.3 Å². The Morgan fingerprint density at radius 2 is 1.82 bits per heavy atom. The first kappa shape index (κ1) is 14.6. The standard InChI is InChI=1S/C18H19NO3/c1-21-18(20)17-12-14(10-11-19-17)13-6-8-16(9-7-13)22-15-4-2-3-5-15/h6-12,15H,2-5H2,1H3. The molecule has 0 bridgehead atoms. The number of benzene rings is 1. The van der Waals surface area contributed by atoms with Gasteiger partial charge in [-0.2, -0.15) is 0 Å². The molecule has 4 heteroatoms. The molecular formula is C18H19NO3. The minimum atomic E-state index is -0.428. The minimum absolute atomic E-state index is 0.311. The van der Waals surface area contributed by atoms with E-state index in [0.29, 0.717) is 11.8 Å². The number of methoxy groups -OCH3 is 1. The van der Waals surface area contributed by atoms with Crippen molar-refractivity contribution in [3.8, 4) is 16.9 Å². The smallest absolute Gasteiger partial charge is 0.356 e. The second-order valence-corrected chi connectivity index (χ2v) is 5.47. The Kier molecular flexibility index (Phi) is 4.37. The van der Waals surface area contributed by atoms with E-state index in [1.165, 1.54) is 20.0 Å². The van der Waals surface area contributed by atoms with Crippen LogP contribution in [0.15, 0.2) is 42.6 Å². The van der Waals surface area contributed by atoms with Gasteiger partial charge in [0.25, 0.3) is 0 Å². The summed E-state index contributed by atoms with van der Waals surface area (Å²) >= 11 is 0. The van der Waals surface area contributed by atoms with E-state index in [9.17, 15) is 4.79 Å². The topological polar surface area (TPSA) is 48.4 Å². The summed E-state index contributed by atoms with van der Waals surface area (Å²) in [5.74, 6) is 0.473. The molecule has 0 aliphatic heterocycles. The van der Waals surface area contributed by atoms with E-state index in [-0.39, 0.29) is 0 Å². The number of esters is 1. The largest absolute Gasteiger partial charge is 0.490 e. The van der Waals surface area contributed by atoms with Crippen LogP contribution in [0, 0.1) is 0 Å². The Morgan fingerprint density at radius 3 is 2.50 bits per heavy atom. The quantitative estimate of drug-likeness (QED) is 0.804. The molecule has 0 N–H and O–H groups in total. The van der Waals surface area contributed by atoms with Gasteiger partial charge in [-0.3, -0.25) is 0 Å². The highest BCUT2D eigenvalue weighted by Crippen LogP contribution is 2.27. The first-order valence-corrected chi connectivity index (χ1v) is 7.58. The molecule has 0 radical (unpaired) electrons. The highest BCUT2D eigenvalue weighted by molar-refractivity contribution is 5.88. The maximum atomic E-state index is 11.5. The Morgan fingerprint density at radius 1 is 1.09 bits per heavy atom. The van der Waals surface area contributed by atoms with Gasteiger partial charge >= 0.3 is 5.97 Å². The van der Waals surface area contributed by atoms with Gasteiger partial charge in [-0.25, -0.2) is 9.78 Å². The predicted molar refractivity (Wildman–Crippen MR) is 83.9 cm³/mol. The van der Waals surface area contributed by atoms with Crippen LogP contribution < -0.4 is 4.74 Å². The van der Waals surface area contributed by atoms with Crippen molar-refractivity contribution >= 4 is 5.97 Å². The molecule has 0 spiro atoms. The molecule has 114 valence electrons. The van der Waals surface area contributed by atoms with Crippen molar-refractivity contribution in [2.24, 2.45) is 0 Å². The van der Waals surface area contributed by atoms with E-state index in [0.717, 1.165) is 29.7 Å². The average Bonchev–Trinajstić information content (AvgIpc) is 3.08. The van der Waals surface area contributed by atoms with Crippen LogP contribution in [-0.2, 0) is 4.74 Å². The summed E-state index contributed by atoms with van der Waals surface area (Å²) in [4.78, 5) is 15.6. The van der Waals surface area contributed by atoms with Crippen LogP contribution >= 0.6 is 0 Å². The maximum Gasteiger partial charge on any atom is 0.356 e. The van der Waals surface area contributed by atoms with Crippen molar-refractivity contribution in [3.63, 3.8) is 0 Å². The molecule has 2 aromatic rings. The van der Waals surface area contributed by atoms with Crippen LogP contribution in [0.1, 0.15) is 36.2 Å². The summed E-state index contributed by atoms with van der Waals surface area (Å²) < 4.78 is 10.7. The third kappa shape index (κ3) is 3.27. The predicted octanol–water partition coefficient (Wildman–Crippen LogP) is 3.86. The number of nitrogens with zero attached hydrogens (tertiary/aromatic N) is 1. The monoisotopic (exact) mass is 297 g/mol. The lowest BCUT2D eigenvalue weighted by atomic mass is 10.1. The zero-order valence-corrected chi connectivity index (χ0v) is 12.6. The second kappa shape index (κ2) is 6.60. The molecule has 1 aromatic carbocycles. The van der Waals surface area contributed by atoms with E-state index < -0.39 is 5.97 Å². The van der Waals surface area contributed by atoms with Crippen LogP contribution in [0.25, 0.3) is 11.1 Å². The fraction of sp³-hybridized carbons (Fsp3) is 0.333. The van der Waals surface area contributed by atoms with E-state index in [2.05, 4.69) is 4.98 Å². The first-order chi connectivity index (χ1) is 10.8. The molecule has 0 atom stereocenters. The molecule has 1 aliphatic rings. The molecule has 1 saturated carbocycles. The third-order valence-corrected chi connectivity index (χ3v) is 3.95. The highest BCUT2D eigenvalue weighted by Gasteiger charge is 2.16. The van der Waals surface area contributed by atoms with Gasteiger partial charge in [-0.05, 0) is 61.1 Å². The van der Waals surface area contributed by atoms with Gasteiger partial charge in [-0.1, -0.05) is 12.1 Å².